The predicted octanol–water partition coefficient (Wildman–Crippen LogP) is 9.70. The molecule has 5 aromatic rings. The molecule has 0 aliphatic heterocycles. The number of hydrogen-bond donors (Lipinski definition) is 6. The van der Waals surface area contributed by atoms with Gasteiger partial charge in [-0.3, -0.25) is 33.1 Å². The highest BCUT2D eigenvalue weighted by atomic mass is 35.5. The number of nitrogens with zero attached hydrogens (tertiary/aromatic N) is 5. The van der Waals surface area contributed by atoms with Gasteiger partial charge >= 0.3 is 26.9 Å². The maximum Gasteiger partial charge on any atom is 0.431 e. The fourth-order valence-corrected chi connectivity index (χ4v) is 10.5. The van der Waals surface area contributed by atoms with Crippen molar-refractivity contribution >= 4 is 89.1 Å². The molecule has 0 spiro atoms. The number of alkyl halides is 8. The highest BCUT2D eigenvalue weighted by Gasteiger charge is 2.48. The Morgan fingerprint density at radius 3 is 2.23 bits per heavy atom. The second-order valence-corrected chi connectivity index (χ2v) is 23.8. The third kappa shape index (κ3) is 15.7. The van der Waals surface area contributed by atoms with Gasteiger partial charge in [-0.2, -0.15) is 40.2 Å². The molecule has 17 nitrogen and oxygen atoms in total. The fourth-order valence-electron chi connectivity index (χ4n) is 9.21. The number of aliphatic imine (C=N–C) groups is 1. The van der Waals surface area contributed by atoms with Crippen LogP contribution in [0.25, 0.3) is 22.0 Å². The van der Waals surface area contributed by atoms with Gasteiger partial charge in [-0.15, -0.1) is 0 Å². The highest BCUT2D eigenvalue weighted by molar-refractivity contribution is 8.00. The van der Waals surface area contributed by atoms with Crippen molar-refractivity contribution < 1.29 is 86.7 Å². The monoisotopic (exact) mass is 1260 g/mol. The number of hydrogen-bond acceptors (Lipinski definition) is 13. The van der Waals surface area contributed by atoms with Crippen molar-refractivity contribution in [1.82, 2.24) is 25.4 Å². The molecule has 0 bridgehead atoms. The summed E-state index contributed by atoms with van der Waals surface area (Å²) in [4.78, 5) is 82.0. The minimum atomic E-state index is -5.27. The average Bonchev–Trinajstić information content (AvgIpc) is 1.68. The van der Waals surface area contributed by atoms with Crippen LogP contribution in [0.4, 0.5) is 49.7 Å². The molecule has 2 atom stereocenters. The van der Waals surface area contributed by atoms with Crippen LogP contribution in [0.2, 0.25) is 5.02 Å². The Balaban J connectivity index is 1.60. The number of rotatable bonds is 19. The molecule has 1 aliphatic carbocycles. The normalized spacial score (nSPS) is 15.6. The van der Waals surface area contributed by atoms with Crippen molar-refractivity contribution in [2.45, 2.75) is 101 Å². The largest absolute Gasteiger partial charge is 0.481 e. The Labute approximate surface area is 486 Å². The Morgan fingerprint density at radius 1 is 1.01 bits per heavy atom. The number of fused-ring (bicyclic) bond motifs is 1. The maximum absolute atomic E-state index is 15.2. The molecule has 2 heterocycles. The summed E-state index contributed by atoms with van der Waals surface area (Å²) in [6.45, 7) is 2.74. The van der Waals surface area contributed by atoms with Crippen LogP contribution in [0.1, 0.15) is 91.4 Å². The number of aliphatic carboxylic acids is 1. The number of carboxylic acid groups (broad SMARTS) is 1. The molecule has 0 radical (unpaired) electrons. The molecule has 31 heteroatoms. The Kier molecular flexibility index (Phi) is 20.4. The molecule has 6 rings (SSSR count). The van der Waals surface area contributed by atoms with E-state index in [-0.39, 0.29) is 55.2 Å². The van der Waals surface area contributed by atoms with E-state index in [1.807, 2.05) is 0 Å². The standard InChI is InChI=1S/C53H52ClF10N8O9PS2/c1-49(2,42-27(21-40(75)76)19-28(48(77)66-5)20-37(42)81-82(78)79)23-39(74)72(83-6)47-41-35(54)11-10-33(44(41)71(70-47)25-52(59,60)61)32-9-8-31(12-14-50(3,4)84(7)80)68-43(32)36(18-26-16-29(55)22-30(56)17-26)69-38(73)24-67-46-34(13-15-51(46,57)58)45(65)53(62,63)64/h8-11,16-17,19-20,22,36,78-79H,13,15,18,21,23-25,65H2,1-7H3,(H,66,77)(H,69,73)(H,75,76)/b45-34-,67-46?. The molecular formula is C53H52ClF10N8O9PS2. The number of halogens is 11. The molecule has 7 N–H and O–H groups in total. The summed E-state index contributed by atoms with van der Waals surface area (Å²) in [5, 5.41) is 18.4. The number of pyridine rings is 1. The zero-order valence-corrected chi connectivity index (χ0v) is 48.5. The van der Waals surface area contributed by atoms with E-state index in [9.17, 15) is 73.4 Å². The van der Waals surface area contributed by atoms with Crippen LogP contribution in [-0.2, 0) is 50.0 Å². The molecule has 452 valence electrons. The van der Waals surface area contributed by atoms with E-state index in [2.05, 4.69) is 37.5 Å². The lowest BCUT2D eigenvalue weighted by Crippen LogP contribution is -2.34. The molecule has 84 heavy (non-hydrogen) atoms. The zero-order chi connectivity index (χ0) is 62.8. The number of nitrogens with two attached hydrogens (primary N) is 1. The van der Waals surface area contributed by atoms with E-state index in [1.165, 1.54) is 77.6 Å². The average molecular weight is 1270 g/mol. The lowest BCUT2D eigenvalue weighted by molar-refractivity contribution is -0.142. The summed E-state index contributed by atoms with van der Waals surface area (Å²) in [6.07, 6.45) is -11.7. The third-order valence-corrected chi connectivity index (χ3v) is 16.0. The van der Waals surface area contributed by atoms with Crippen LogP contribution < -0.4 is 25.2 Å². The summed E-state index contributed by atoms with van der Waals surface area (Å²) in [5.41, 5.74) is -2.62. The zero-order valence-electron chi connectivity index (χ0n) is 45.2. The molecule has 1 saturated carbocycles. The van der Waals surface area contributed by atoms with Crippen molar-refractivity contribution in [3.05, 3.63) is 116 Å². The van der Waals surface area contributed by atoms with E-state index in [4.69, 9.17) is 21.9 Å². The number of allylic oxidation sites excluding steroid dienone is 2. The molecule has 0 saturated heterocycles. The van der Waals surface area contributed by atoms with Crippen LogP contribution in [0.15, 0.2) is 70.9 Å². The van der Waals surface area contributed by atoms with Crippen molar-refractivity contribution in [3.63, 3.8) is 0 Å². The topological polar surface area (TPSA) is 252 Å². The maximum atomic E-state index is 15.2. The van der Waals surface area contributed by atoms with Crippen LogP contribution in [0.5, 0.6) is 5.75 Å². The Bertz CT molecular complexity index is 3570. The van der Waals surface area contributed by atoms with Crippen molar-refractivity contribution in [2.75, 3.05) is 30.4 Å². The first-order chi connectivity index (χ1) is 38.9. The number of amides is 3. The number of anilines is 1. The second kappa shape index (κ2) is 25.8. The van der Waals surface area contributed by atoms with Gasteiger partial charge in [0.25, 0.3) is 11.8 Å². The molecule has 1 fully saturated rings. The number of nitrogens with one attached hydrogen (secondary N) is 2. The molecule has 1 aliphatic rings. The lowest BCUT2D eigenvalue weighted by atomic mass is 9.77. The molecular weight excluding hydrogens is 1210 g/mol. The first kappa shape index (κ1) is 66.3. The lowest BCUT2D eigenvalue weighted by Gasteiger charge is -2.31. The predicted molar refractivity (Wildman–Crippen MR) is 296 cm³/mol. The summed E-state index contributed by atoms with van der Waals surface area (Å²) < 4.78 is 164. The quantitative estimate of drug-likeness (QED) is 0.0195. The summed E-state index contributed by atoms with van der Waals surface area (Å²) in [6, 6.07) is 7.74. The number of benzene rings is 3. The van der Waals surface area contributed by atoms with Crippen LogP contribution in [-0.4, -0.2) is 112 Å². The smallest absolute Gasteiger partial charge is 0.431 e. The van der Waals surface area contributed by atoms with Gasteiger partial charge in [0.2, 0.25) is 11.8 Å². The highest BCUT2D eigenvalue weighted by Crippen LogP contribution is 2.47. The number of carbonyl (C=O) groups excluding carboxylic acids is 3. The third-order valence-electron chi connectivity index (χ3n) is 13.0. The molecule has 2 unspecified atom stereocenters. The van der Waals surface area contributed by atoms with E-state index in [0.29, 0.717) is 22.7 Å². The fraction of sp³-hybridized carbons (Fsp3) is 0.377. The van der Waals surface area contributed by atoms with Gasteiger partial charge in [-0.05, 0) is 98.1 Å². The first-order valence-corrected chi connectivity index (χ1v) is 28.9. The van der Waals surface area contributed by atoms with Gasteiger partial charge in [0, 0.05) is 82.5 Å². The molecule has 2 aromatic heterocycles. The number of aromatic nitrogens is 3. The van der Waals surface area contributed by atoms with Crippen molar-refractivity contribution in [3.8, 4) is 28.7 Å². The SMILES string of the molecule is CNC(=O)c1cc(CC(=O)O)c(C(C)(C)CC(=O)N(SC)c2nn(CC(F)(F)F)c3c(-c4ccc(C#CC(C)(C)S(C)=O)nc4C(Cc4cc(F)cc(F)c4)NC(=O)CN=C4/C(=C(\N)C(F)(F)F)CCC4(F)F)ccc(Cl)c23)c(OP(O)O)c1. The summed E-state index contributed by atoms with van der Waals surface area (Å²) in [5.74, 6) is -5.91. The first-order valence-electron chi connectivity index (χ1n) is 24.6. The van der Waals surface area contributed by atoms with E-state index >= 15 is 8.78 Å². The minimum Gasteiger partial charge on any atom is -0.481 e. The number of carbonyl (C=O) groups is 4. The van der Waals surface area contributed by atoms with Gasteiger partial charge in [0.05, 0.1) is 34.1 Å². The van der Waals surface area contributed by atoms with E-state index in [0.717, 1.165) is 22.5 Å². The van der Waals surface area contributed by atoms with Gasteiger partial charge in [0.1, 0.15) is 52.3 Å². The van der Waals surface area contributed by atoms with E-state index in [1.54, 1.807) is 0 Å². The van der Waals surface area contributed by atoms with E-state index < -0.39 is 168 Å². The van der Waals surface area contributed by atoms with Gasteiger partial charge in [-0.25, -0.2) is 18.1 Å². The second-order valence-electron chi connectivity index (χ2n) is 20.1. The Morgan fingerprint density at radius 2 is 1.65 bits per heavy atom. The van der Waals surface area contributed by atoms with Gasteiger partial charge < -0.3 is 35.8 Å². The van der Waals surface area contributed by atoms with Crippen LogP contribution >= 0.6 is 32.2 Å². The van der Waals surface area contributed by atoms with Crippen LogP contribution in [0, 0.1) is 23.5 Å². The Hall–Kier alpha value is -6.83. The van der Waals surface area contributed by atoms with Crippen molar-refractivity contribution in [1.29, 1.82) is 0 Å². The summed E-state index contributed by atoms with van der Waals surface area (Å²) in [7, 11) is -3.54. The van der Waals surface area contributed by atoms with Gasteiger partial charge in [-0.1, -0.05) is 37.4 Å². The van der Waals surface area contributed by atoms with Crippen LogP contribution in [0.3, 0.4) is 0 Å². The summed E-state index contributed by atoms with van der Waals surface area (Å²) >= 11 is 7.52. The van der Waals surface area contributed by atoms with Gasteiger partial charge in [0.15, 0.2) is 5.82 Å². The minimum absolute atomic E-state index is 0.0747. The molecule has 3 amide bonds. The van der Waals surface area contributed by atoms with Crippen molar-refractivity contribution in [2.24, 2.45) is 10.7 Å². The molecule has 3 aromatic carbocycles. The number of carboxylic acids is 1.